The van der Waals surface area contributed by atoms with Crippen molar-refractivity contribution in [2.24, 2.45) is 16.5 Å². The van der Waals surface area contributed by atoms with Crippen molar-refractivity contribution in [3.05, 3.63) is 0 Å². The molecule has 2 atom stereocenters. The SMILES string of the molecule is C[C@@H](N=C(N)N)OS(=O)O. The first-order chi connectivity index (χ1) is 4.52. The second kappa shape index (κ2) is 4.20. The van der Waals surface area contributed by atoms with Gasteiger partial charge in [-0.3, -0.25) is 4.55 Å². The van der Waals surface area contributed by atoms with Crippen LogP contribution < -0.4 is 11.5 Å². The molecular weight excluding hydrogens is 158 g/mol. The smallest absolute Gasteiger partial charge is 0.304 e. The van der Waals surface area contributed by atoms with Crippen LogP contribution >= 0.6 is 0 Å². The van der Waals surface area contributed by atoms with E-state index in [1.54, 1.807) is 0 Å². The van der Waals surface area contributed by atoms with Crippen LogP contribution in [0.1, 0.15) is 6.92 Å². The summed E-state index contributed by atoms with van der Waals surface area (Å²) in [6.07, 6.45) is -0.796. The van der Waals surface area contributed by atoms with Gasteiger partial charge in [0.1, 0.15) is 0 Å². The summed E-state index contributed by atoms with van der Waals surface area (Å²) in [5, 5.41) is 0. The van der Waals surface area contributed by atoms with Gasteiger partial charge in [-0.25, -0.2) is 9.18 Å². The third-order valence-electron chi connectivity index (χ3n) is 0.552. The largest absolute Gasteiger partial charge is 0.370 e. The van der Waals surface area contributed by atoms with Crippen molar-refractivity contribution in [1.82, 2.24) is 0 Å². The fourth-order valence-electron chi connectivity index (χ4n) is 0.351. The summed E-state index contributed by atoms with van der Waals surface area (Å²) in [7, 11) is 0. The second-order valence-corrected chi connectivity index (χ2v) is 2.09. The Kier molecular flexibility index (Phi) is 3.93. The minimum atomic E-state index is -2.33. The number of nitrogens with zero attached hydrogens (tertiary/aromatic N) is 1. The molecule has 5 N–H and O–H groups in total. The fourth-order valence-corrected chi connectivity index (χ4v) is 0.632. The molecular formula is C3H9N3O3S. The van der Waals surface area contributed by atoms with Crippen molar-refractivity contribution in [1.29, 1.82) is 0 Å². The minimum absolute atomic E-state index is 0.182. The number of aliphatic imine (C=N–C) groups is 1. The van der Waals surface area contributed by atoms with E-state index >= 15 is 0 Å². The Labute approximate surface area is 60.7 Å². The van der Waals surface area contributed by atoms with Gasteiger partial charge in [0.15, 0.2) is 12.2 Å². The molecule has 0 aromatic heterocycles. The molecule has 7 heteroatoms. The first-order valence-corrected chi connectivity index (χ1v) is 3.42. The monoisotopic (exact) mass is 167 g/mol. The Bertz CT molecular complexity index is 155. The van der Waals surface area contributed by atoms with Crippen LogP contribution in [0.3, 0.4) is 0 Å². The van der Waals surface area contributed by atoms with Crippen LogP contribution in [-0.4, -0.2) is 20.9 Å². The lowest BCUT2D eigenvalue weighted by atomic mass is 10.7. The molecule has 10 heavy (non-hydrogen) atoms. The normalized spacial score (nSPS) is 15.8. The van der Waals surface area contributed by atoms with Crippen LogP contribution in [0.4, 0.5) is 0 Å². The number of hydrogen-bond acceptors (Lipinski definition) is 3. The third kappa shape index (κ3) is 5.48. The fraction of sp³-hybridized carbons (Fsp3) is 0.667. The summed E-state index contributed by atoms with van der Waals surface area (Å²) in [6, 6.07) is 0. The molecule has 0 rings (SSSR count). The van der Waals surface area contributed by atoms with Crippen LogP contribution in [0.25, 0.3) is 0 Å². The maximum Gasteiger partial charge on any atom is 0.304 e. The summed E-state index contributed by atoms with van der Waals surface area (Å²) in [4.78, 5) is 3.41. The minimum Gasteiger partial charge on any atom is -0.370 e. The zero-order chi connectivity index (χ0) is 8.15. The lowest BCUT2D eigenvalue weighted by molar-refractivity contribution is 0.232. The lowest BCUT2D eigenvalue weighted by Crippen LogP contribution is -2.25. The standard InChI is InChI=1S/C3H9N3O3S/c1-2(6-3(4)5)9-10(7)8/h2H,1H3,(H,7,8)(H4,4,5,6)/t2-/m0/s1. The zero-order valence-corrected chi connectivity index (χ0v) is 6.17. The molecule has 0 heterocycles. The molecule has 0 bridgehead atoms. The zero-order valence-electron chi connectivity index (χ0n) is 5.35. The van der Waals surface area contributed by atoms with Crippen LogP contribution in [-0.2, 0) is 15.5 Å². The molecule has 60 valence electrons. The van der Waals surface area contributed by atoms with E-state index < -0.39 is 17.6 Å². The van der Waals surface area contributed by atoms with E-state index in [0.717, 1.165) is 0 Å². The highest BCUT2D eigenvalue weighted by Gasteiger charge is 2.02. The maximum atomic E-state index is 9.93. The van der Waals surface area contributed by atoms with Crippen molar-refractivity contribution < 1.29 is 12.9 Å². The Balaban J connectivity index is 3.75. The predicted octanol–water partition coefficient (Wildman–Crippen LogP) is -1.24. The molecule has 0 aliphatic heterocycles. The van der Waals surface area contributed by atoms with E-state index in [4.69, 9.17) is 16.0 Å². The highest BCUT2D eigenvalue weighted by molar-refractivity contribution is 7.74. The molecule has 0 aliphatic carbocycles. The molecule has 1 unspecified atom stereocenters. The molecule has 0 fully saturated rings. The quantitative estimate of drug-likeness (QED) is 0.276. The topological polar surface area (TPSA) is 111 Å². The second-order valence-electron chi connectivity index (χ2n) is 1.47. The number of nitrogens with two attached hydrogens (primary N) is 2. The van der Waals surface area contributed by atoms with Crippen molar-refractivity contribution in [3.63, 3.8) is 0 Å². The van der Waals surface area contributed by atoms with Gasteiger partial charge >= 0.3 is 11.4 Å². The van der Waals surface area contributed by atoms with Gasteiger partial charge in [-0.05, 0) is 6.92 Å². The van der Waals surface area contributed by atoms with Gasteiger partial charge in [0.2, 0.25) is 0 Å². The predicted molar refractivity (Wildman–Crippen MR) is 37.1 cm³/mol. The maximum absolute atomic E-state index is 9.93. The lowest BCUT2D eigenvalue weighted by Gasteiger charge is -2.02. The Morgan fingerprint density at radius 3 is 2.60 bits per heavy atom. The van der Waals surface area contributed by atoms with Gasteiger partial charge in [-0.1, -0.05) is 0 Å². The molecule has 0 aliphatic rings. The Morgan fingerprint density at radius 2 is 2.30 bits per heavy atom. The van der Waals surface area contributed by atoms with E-state index in [0.29, 0.717) is 0 Å². The third-order valence-corrected chi connectivity index (χ3v) is 0.996. The van der Waals surface area contributed by atoms with Gasteiger partial charge < -0.3 is 11.5 Å². The summed E-state index contributed by atoms with van der Waals surface area (Å²) in [5.41, 5.74) is 9.87. The average molecular weight is 167 g/mol. The number of hydrogen-bond donors (Lipinski definition) is 3. The van der Waals surface area contributed by atoms with Crippen LogP contribution in [0, 0.1) is 0 Å². The van der Waals surface area contributed by atoms with Crippen molar-refractivity contribution in [3.8, 4) is 0 Å². The van der Waals surface area contributed by atoms with E-state index in [2.05, 4.69) is 9.18 Å². The summed E-state index contributed by atoms with van der Waals surface area (Å²) < 4.78 is 22.3. The van der Waals surface area contributed by atoms with E-state index in [1.807, 2.05) is 0 Å². The molecule has 0 amide bonds. The molecule has 0 aromatic carbocycles. The van der Waals surface area contributed by atoms with Gasteiger partial charge in [0.25, 0.3) is 0 Å². The molecule has 0 radical (unpaired) electrons. The van der Waals surface area contributed by atoms with Crippen molar-refractivity contribution in [2.45, 2.75) is 13.2 Å². The van der Waals surface area contributed by atoms with Crippen LogP contribution in [0.15, 0.2) is 4.99 Å². The first-order valence-electron chi connectivity index (χ1n) is 2.39. The van der Waals surface area contributed by atoms with Crippen LogP contribution in [0.5, 0.6) is 0 Å². The molecule has 0 aromatic rings. The van der Waals surface area contributed by atoms with E-state index in [-0.39, 0.29) is 5.96 Å². The van der Waals surface area contributed by atoms with Gasteiger partial charge in [-0.15, -0.1) is 0 Å². The summed E-state index contributed by atoms with van der Waals surface area (Å²) in [5.74, 6) is -0.182. The summed E-state index contributed by atoms with van der Waals surface area (Å²) >= 11 is -2.33. The molecule has 0 saturated heterocycles. The first kappa shape index (κ1) is 9.34. The summed E-state index contributed by atoms with van der Waals surface area (Å²) in [6.45, 7) is 1.44. The van der Waals surface area contributed by atoms with Gasteiger partial charge in [0, 0.05) is 0 Å². The van der Waals surface area contributed by atoms with E-state index in [9.17, 15) is 4.21 Å². The average Bonchev–Trinajstić information content (AvgIpc) is 1.58. The van der Waals surface area contributed by atoms with Crippen molar-refractivity contribution >= 4 is 17.3 Å². The van der Waals surface area contributed by atoms with Crippen LogP contribution in [0.2, 0.25) is 0 Å². The highest BCUT2D eigenvalue weighted by Crippen LogP contribution is 1.92. The van der Waals surface area contributed by atoms with Gasteiger partial charge in [0.05, 0.1) is 0 Å². The molecule has 0 spiro atoms. The van der Waals surface area contributed by atoms with Gasteiger partial charge in [-0.2, -0.15) is 4.21 Å². The molecule has 0 saturated carbocycles. The van der Waals surface area contributed by atoms with Crippen molar-refractivity contribution in [2.75, 3.05) is 0 Å². The Hall–Kier alpha value is -0.660. The molecule has 6 nitrogen and oxygen atoms in total. The number of guanidine groups is 1. The highest BCUT2D eigenvalue weighted by atomic mass is 32.2. The number of rotatable bonds is 3. The van der Waals surface area contributed by atoms with E-state index in [1.165, 1.54) is 6.92 Å². The Morgan fingerprint density at radius 1 is 1.80 bits per heavy atom.